The third-order valence-electron chi connectivity index (χ3n) is 2.96. The van der Waals surface area contributed by atoms with Crippen molar-refractivity contribution in [2.45, 2.75) is 24.5 Å². The van der Waals surface area contributed by atoms with Crippen LogP contribution in [0.1, 0.15) is 0 Å². The summed E-state index contributed by atoms with van der Waals surface area (Å²) in [7, 11) is 0. The van der Waals surface area contributed by atoms with Gasteiger partial charge in [0.2, 0.25) is 5.82 Å². The fourth-order valence-electron chi connectivity index (χ4n) is 1.92. The van der Waals surface area contributed by atoms with E-state index in [1.54, 1.807) is 0 Å². The highest BCUT2D eigenvalue weighted by Crippen LogP contribution is 2.31. The van der Waals surface area contributed by atoms with Crippen LogP contribution in [0.2, 0.25) is 0 Å². The summed E-state index contributed by atoms with van der Waals surface area (Å²) in [5, 5.41) is 41.7. The van der Waals surface area contributed by atoms with Gasteiger partial charge in [-0.15, -0.1) is 0 Å². The van der Waals surface area contributed by atoms with Crippen LogP contribution < -0.4 is 11.1 Å². The summed E-state index contributed by atoms with van der Waals surface area (Å²) < 4.78 is 5.15. The molecule has 1 saturated heterocycles. The Balaban J connectivity index is 2.23. The van der Waals surface area contributed by atoms with E-state index in [-0.39, 0.29) is 11.5 Å². The van der Waals surface area contributed by atoms with E-state index in [9.17, 15) is 20.3 Å². The summed E-state index contributed by atoms with van der Waals surface area (Å²) in [6, 6.07) is 1.26. The number of anilines is 2. The second-order valence-corrected chi connectivity index (χ2v) is 4.26. The number of hydrogen-bond acceptors (Lipinski definition) is 9. The summed E-state index contributed by atoms with van der Waals surface area (Å²) in [5.74, 6) is -0.190. The Morgan fingerprint density at radius 3 is 2.75 bits per heavy atom. The average Bonchev–Trinajstić information content (AvgIpc) is 2.66. The first-order valence-corrected chi connectivity index (χ1v) is 5.73. The standard InChI is InChI=1S/C10H14N4O6/c11-4-1-2-12-9(6(4)14(18)19)13-10-8(17)7(16)5(3-15)20-10/h1-2,5,7-8,10,15-17H,3H2,(H3,11,12,13)/t5-,7-,8-,10-/m1/s1. The molecule has 0 spiro atoms. The molecule has 1 aliphatic rings. The van der Waals surface area contributed by atoms with Crippen molar-refractivity contribution in [3.63, 3.8) is 0 Å². The number of nitrogen functional groups attached to an aromatic ring is 1. The zero-order valence-corrected chi connectivity index (χ0v) is 10.2. The first-order chi connectivity index (χ1) is 9.45. The molecular formula is C10H14N4O6. The van der Waals surface area contributed by atoms with Crippen molar-refractivity contribution in [3.05, 3.63) is 22.4 Å². The number of nitro groups is 1. The molecule has 1 aromatic heterocycles. The first-order valence-electron chi connectivity index (χ1n) is 5.73. The summed E-state index contributed by atoms with van der Waals surface area (Å²) in [6.07, 6.45) is -3.54. The normalized spacial score (nSPS) is 29.4. The molecule has 1 aliphatic heterocycles. The second-order valence-electron chi connectivity index (χ2n) is 4.26. The van der Waals surface area contributed by atoms with Crippen LogP contribution in [-0.4, -0.2) is 56.4 Å². The number of nitrogens with zero attached hydrogens (tertiary/aromatic N) is 2. The zero-order chi connectivity index (χ0) is 14.9. The van der Waals surface area contributed by atoms with Crippen LogP contribution in [0.4, 0.5) is 17.2 Å². The Bertz CT molecular complexity index is 513. The van der Waals surface area contributed by atoms with Crippen molar-refractivity contribution in [2.75, 3.05) is 17.7 Å². The van der Waals surface area contributed by atoms with Gasteiger partial charge in [-0.2, -0.15) is 0 Å². The van der Waals surface area contributed by atoms with Crippen LogP contribution in [0, 0.1) is 10.1 Å². The van der Waals surface area contributed by atoms with Gasteiger partial charge in [0.15, 0.2) is 6.23 Å². The van der Waals surface area contributed by atoms with E-state index >= 15 is 0 Å². The minimum Gasteiger partial charge on any atom is -0.394 e. The SMILES string of the molecule is Nc1ccnc(N[C@@H]2O[C@H](CO)[C@@H](O)[C@H]2O)c1[N+](=O)[O-]. The second kappa shape index (κ2) is 5.54. The molecule has 0 saturated carbocycles. The van der Waals surface area contributed by atoms with Crippen molar-refractivity contribution in [1.29, 1.82) is 0 Å². The van der Waals surface area contributed by atoms with Crippen LogP contribution in [0.25, 0.3) is 0 Å². The summed E-state index contributed by atoms with van der Waals surface area (Å²) in [6.45, 7) is -0.497. The molecule has 0 aliphatic carbocycles. The van der Waals surface area contributed by atoms with Gasteiger partial charge >= 0.3 is 5.69 Å². The van der Waals surface area contributed by atoms with Crippen LogP contribution in [0.3, 0.4) is 0 Å². The van der Waals surface area contributed by atoms with Gasteiger partial charge in [-0.3, -0.25) is 10.1 Å². The molecule has 2 heterocycles. The van der Waals surface area contributed by atoms with Crippen molar-refractivity contribution in [3.8, 4) is 0 Å². The Hall–Kier alpha value is -2.01. The minimum atomic E-state index is -1.37. The quantitative estimate of drug-likeness (QED) is 0.324. The molecule has 2 rings (SSSR count). The smallest absolute Gasteiger partial charge is 0.334 e. The highest BCUT2D eigenvalue weighted by molar-refractivity contribution is 5.70. The molecule has 0 bridgehead atoms. The van der Waals surface area contributed by atoms with Gasteiger partial charge in [0, 0.05) is 6.20 Å². The van der Waals surface area contributed by atoms with Crippen molar-refractivity contribution < 1.29 is 25.0 Å². The Morgan fingerprint density at radius 2 is 2.20 bits per heavy atom. The molecule has 4 atom stereocenters. The lowest BCUT2D eigenvalue weighted by Crippen LogP contribution is -2.36. The molecule has 10 heteroatoms. The van der Waals surface area contributed by atoms with Gasteiger partial charge in [-0.1, -0.05) is 0 Å². The van der Waals surface area contributed by atoms with E-state index in [1.807, 2.05) is 0 Å². The van der Waals surface area contributed by atoms with E-state index in [2.05, 4.69) is 10.3 Å². The number of aromatic nitrogens is 1. The van der Waals surface area contributed by atoms with Crippen LogP contribution in [0.15, 0.2) is 12.3 Å². The molecule has 1 aromatic rings. The Morgan fingerprint density at radius 1 is 1.50 bits per heavy atom. The topological polar surface area (TPSA) is 164 Å². The van der Waals surface area contributed by atoms with Crippen LogP contribution >= 0.6 is 0 Å². The maximum Gasteiger partial charge on any atom is 0.334 e. The number of aliphatic hydroxyl groups excluding tert-OH is 3. The fraction of sp³-hybridized carbons (Fsp3) is 0.500. The third-order valence-corrected chi connectivity index (χ3v) is 2.96. The minimum absolute atomic E-state index is 0.0979. The van der Waals surface area contributed by atoms with E-state index in [1.165, 1.54) is 12.3 Å². The molecule has 1 fully saturated rings. The van der Waals surface area contributed by atoms with Crippen molar-refractivity contribution >= 4 is 17.2 Å². The highest BCUT2D eigenvalue weighted by Gasteiger charge is 2.43. The number of aliphatic hydroxyl groups is 3. The van der Waals surface area contributed by atoms with Gasteiger partial charge in [-0.25, -0.2) is 4.98 Å². The average molecular weight is 286 g/mol. The van der Waals surface area contributed by atoms with Crippen molar-refractivity contribution in [2.24, 2.45) is 0 Å². The number of rotatable bonds is 4. The lowest BCUT2D eigenvalue weighted by atomic mass is 10.1. The number of hydrogen-bond donors (Lipinski definition) is 5. The molecule has 110 valence electrons. The molecule has 0 unspecified atom stereocenters. The number of nitrogens with two attached hydrogens (primary N) is 1. The summed E-state index contributed by atoms with van der Waals surface area (Å²) in [5.41, 5.74) is 4.95. The number of ether oxygens (including phenoxy) is 1. The largest absolute Gasteiger partial charge is 0.394 e. The monoisotopic (exact) mass is 286 g/mol. The zero-order valence-electron chi connectivity index (χ0n) is 10.2. The lowest BCUT2D eigenvalue weighted by Gasteiger charge is -2.17. The lowest BCUT2D eigenvalue weighted by molar-refractivity contribution is -0.383. The summed E-state index contributed by atoms with van der Waals surface area (Å²) >= 11 is 0. The fourth-order valence-corrected chi connectivity index (χ4v) is 1.92. The molecule has 6 N–H and O–H groups in total. The highest BCUT2D eigenvalue weighted by atomic mass is 16.6. The van der Waals surface area contributed by atoms with Gasteiger partial charge in [0.25, 0.3) is 0 Å². The van der Waals surface area contributed by atoms with Crippen LogP contribution in [0.5, 0.6) is 0 Å². The van der Waals surface area contributed by atoms with E-state index in [4.69, 9.17) is 15.6 Å². The van der Waals surface area contributed by atoms with Gasteiger partial charge < -0.3 is 31.1 Å². The molecular weight excluding hydrogens is 272 g/mol. The van der Waals surface area contributed by atoms with Gasteiger partial charge in [0.05, 0.1) is 11.5 Å². The maximum atomic E-state index is 10.9. The predicted molar refractivity (Wildman–Crippen MR) is 66.7 cm³/mol. The van der Waals surface area contributed by atoms with Crippen LogP contribution in [-0.2, 0) is 4.74 Å². The molecule has 10 nitrogen and oxygen atoms in total. The Labute approximate surface area is 113 Å². The maximum absolute atomic E-state index is 10.9. The molecule has 0 radical (unpaired) electrons. The number of pyridine rings is 1. The molecule has 0 amide bonds. The van der Waals surface area contributed by atoms with E-state index in [0.717, 1.165) is 0 Å². The summed E-state index contributed by atoms with van der Waals surface area (Å²) in [4.78, 5) is 14.0. The van der Waals surface area contributed by atoms with Crippen molar-refractivity contribution in [1.82, 2.24) is 4.98 Å². The van der Waals surface area contributed by atoms with Gasteiger partial charge in [0.1, 0.15) is 24.0 Å². The van der Waals surface area contributed by atoms with E-state index in [0.29, 0.717) is 0 Å². The van der Waals surface area contributed by atoms with Gasteiger partial charge in [-0.05, 0) is 6.07 Å². The number of nitrogens with one attached hydrogen (secondary N) is 1. The first kappa shape index (κ1) is 14.4. The predicted octanol–water partition coefficient (Wildman–Crippen LogP) is -1.58. The molecule has 0 aromatic carbocycles. The Kier molecular flexibility index (Phi) is 3.99. The third kappa shape index (κ3) is 2.49. The van der Waals surface area contributed by atoms with E-state index < -0.39 is 41.8 Å². The molecule has 20 heavy (non-hydrogen) atoms.